The summed E-state index contributed by atoms with van der Waals surface area (Å²) in [6.45, 7) is 1.72. The van der Waals surface area contributed by atoms with E-state index >= 15 is 0 Å². The summed E-state index contributed by atoms with van der Waals surface area (Å²) in [6.07, 6.45) is -3.38. The summed E-state index contributed by atoms with van der Waals surface area (Å²) in [5, 5.41) is 8.92. The van der Waals surface area contributed by atoms with Crippen LogP contribution < -0.4 is 16.4 Å². The molecule has 7 nitrogen and oxygen atoms in total. The third-order valence-corrected chi connectivity index (χ3v) is 3.62. The molecule has 0 radical (unpaired) electrons. The molecule has 0 amide bonds. The highest BCUT2D eigenvalue weighted by Gasteiger charge is 2.33. The molecule has 3 rings (SSSR count). The van der Waals surface area contributed by atoms with E-state index in [2.05, 4.69) is 25.8 Å². The largest absolute Gasteiger partial charge is 0.417 e. The van der Waals surface area contributed by atoms with Gasteiger partial charge in [-0.1, -0.05) is 16.8 Å². The zero-order valence-corrected chi connectivity index (χ0v) is 14.0. The lowest BCUT2D eigenvalue weighted by Crippen LogP contribution is -2.08. The average Bonchev–Trinajstić information content (AvgIpc) is 2.97. The predicted molar refractivity (Wildman–Crippen MR) is 90.7 cm³/mol. The van der Waals surface area contributed by atoms with E-state index in [1.807, 2.05) is 0 Å². The molecule has 0 aliphatic carbocycles. The van der Waals surface area contributed by atoms with Gasteiger partial charge in [-0.05, 0) is 25.1 Å². The molecule has 3 aromatic rings. The van der Waals surface area contributed by atoms with Gasteiger partial charge in [0.25, 0.3) is 0 Å². The van der Waals surface area contributed by atoms with Gasteiger partial charge in [0, 0.05) is 11.8 Å². The van der Waals surface area contributed by atoms with Crippen LogP contribution in [0.15, 0.2) is 35.1 Å². The van der Waals surface area contributed by atoms with Crippen molar-refractivity contribution >= 4 is 40.4 Å². The van der Waals surface area contributed by atoms with Crippen molar-refractivity contribution in [2.75, 3.05) is 16.4 Å². The molecule has 2 aromatic heterocycles. The molecule has 0 aliphatic heterocycles. The minimum Gasteiger partial charge on any atom is -0.393 e. The zero-order chi connectivity index (χ0) is 18.9. The predicted octanol–water partition coefficient (Wildman–Crippen LogP) is 4.51. The molecule has 0 aliphatic rings. The van der Waals surface area contributed by atoms with Gasteiger partial charge in [-0.15, -0.1) is 0 Å². The van der Waals surface area contributed by atoms with Gasteiger partial charge in [0.1, 0.15) is 17.8 Å². The van der Waals surface area contributed by atoms with Crippen LogP contribution in [0.4, 0.5) is 42.0 Å². The molecule has 0 bridgehead atoms. The summed E-state index contributed by atoms with van der Waals surface area (Å²) in [4.78, 5) is 7.94. The summed E-state index contributed by atoms with van der Waals surface area (Å²) in [5.41, 5.74) is 5.23. The van der Waals surface area contributed by atoms with E-state index in [1.165, 1.54) is 12.4 Å². The van der Waals surface area contributed by atoms with Crippen molar-refractivity contribution in [2.45, 2.75) is 13.1 Å². The molecule has 0 spiro atoms. The van der Waals surface area contributed by atoms with Gasteiger partial charge < -0.3 is 20.9 Å². The first kappa shape index (κ1) is 17.8. The van der Waals surface area contributed by atoms with E-state index in [4.69, 9.17) is 21.9 Å². The molecular weight excluding hydrogens is 373 g/mol. The molecule has 4 N–H and O–H groups in total. The lowest BCUT2D eigenvalue weighted by atomic mass is 10.2. The first-order valence-corrected chi connectivity index (χ1v) is 7.56. The maximum absolute atomic E-state index is 13.0. The molecule has 11 heteroatoms. The topological polar surface area (TPSA) is 102 Å². The number of benzene rings is 1. The zero-order valence-electron chi connectivity index (χ0n) is 13.2. The van der Waals surface area contributed by atoms with Gasteiger partial charge in [0.15, 0.2) is 17.5 Å². The Morgan fingerprint density at radius 3 is 2.42 bits per heavy atom. The SMILES string of the molecule is Cc1cc(Nc2ncnc(Nc3ccc(Cl)c(C(F)(F)F)c3)c2N)no1. The van der Waals surface area contributed by atoms with Crippen LogP contribution in [0.5, 0.6) is 0 Å². The normalized spacial score (nSPS) is 11.4. The molecule has 0 saturated carbocycles. The Bertz CT molecular complexity index is 943. The van der Waals surface area contributed by atoms with Crippen LogP contribution in [-0.4, -0.2) is 15.1 Å². The van der Waals surface area contributed by atoms with E-state index in [0.717, 1.165) is 12.1 Å². The Morgan fingerprint density at radius 2 is 1.81 bits per heavy atom. The maximum Gasteiger partial charge on any atom is 0.417 e. The highest BCUT2D eigenvalue weighted by molar-refractivity contribution is 6.31. The number of nitrogens with two attached hydrogens (primary N) is 1. The average molecular weight is 385 g/mol. The Hall–Kier alpha value is -3.01. The van der Waals surface area contributed by atoms with Crippen LogP contribution in [0, 0.1) is 6.92 Å². The van der Waals surface area contributed by atoms with E-state index in [9.17, 15) is 13.2 Å². The van der Waals surface area contributed by atoms with Crippen molar-refractivity contribution in [3.05, 3.63) is 46.9 Å². The second kappa shape index (κ2) is 6.71. The second-order valence-corrected chi connectivity index (χ2v) is 5.66. The van der Waals surface area contributed by atoms with Crippen LogP contribution in [0.25, 0.3) is 0 Å². The van der Waals surface area contributed by atoms with Gasteiger partial charge in [-0.3, -0.25) is 0 Å². The van der Waals surface area contributed by atoms with E-state index < -0.39 is 16.8 Å². The molecule has 0 unspecified atom stereocenters. The van der Waals surface area contributed by atoms with Crippen LogP contribution in [0.3, 0.4) is 0 Å². The minimum atomic E-state index is -4.58. The lowest BCUT2D eigenvalue weighted by Gasteiger charge is -2.14. The number of rotatable bonds is 4. The number of anilines is 5. The summed E-state index contributed by atoms with van der Waals surface area (Å²) in [7, 11) is 0. The van der Waals surface area contributed by atoms with Crippen LogP contribution in [0.1, 0.15) is 11.3 Å². The number of aromatic nitrogens is 3. The Kier molecular flexibility index (Phi) is 4.60. The second-order valence-electron chi connectivity index (χ2n) is 5.25. The van der Waals surface area contributed by atoms with E-state index in [1.54, 1.807) is 13.0 Å². The third-order valence-electron chi connectivity index (χ3n) is 3.29. The standard InChI is InChI=1S/C15H12ClF3N6O/c1-7-4-11(25-26-7)24-14-12(20)13(21-6-22-14)23-8-2-3-10(16)9(5-8)15(17,18)19/h2-6H,20H2,1H3,(H2,21,22,23,24,25). The van der Waals surface area contributed by atoms with Gasteiger partial charge >= 0.3 is 6.18 Å². The molecule has 0 atom stereocenters. The Morgan fingerprint density at radius 1 is 1.12 bits per heavy atom. The van der Waals surface area contributed by atoms with Crippen molar-refractivity contribution in [1.82, 2.24) is 15.1 Å². The van der Waals surface area contributed by atoms with E-state index in [-0.39, 0.29) is 23.0 Å². The van der Waals surface area contributed by atoms with Crippen molar-refractivity contribution in [1.29, 1.82) is 0 Å². The lowest BCUT2D eigenvalue weighted by molar-refractivity contribution is -0.137. The monoisotopic (exact) mass is 384 g/mol. The van der Waals surface area contributed by atoms with Crippen LogP contribution in [-0.2, 0) is 6.18 Å². The van der Waals surface area contributed by atoms with E-state index in [0.29, 0.717) is 11.6 Å². The van der Waals surface area contributed by atoms with Crippen LogP contribution >= 0.6 is 11.6 Å². The molecule has 2 heterocycles. The van der Waals surface area contributed by atoms with Gasteiger partial charge in [-0.25, -0.2) is 9.97 Å². The highest BCUT2D eigenvalue weighted by Crippen LogP contribution is 2.37. The fraction of sp³-hybridized carbons (Fsp3) is 0.133. The summed E-state index contributed by atoms with van der Waals surface area (Å²) >= 11 is 5.61. The Balaban J connectivity index is 1.88. The third kappa shape index (κ3) is 3.80. The summed E-state index contributed by atoms with van der Waals surface area (Å²) in [6, 6.07) is 5.02. The van der Waals surface area contributed by atoms with Crippen molar-refractivity contribution in [2.24, 2.45) is 0 Å². The number of alkyl halides is 3. The van der Waals surface area contributed by atoms with Crippen molar-refractivity contribution < 1.29 is 17.7 Å². The van der Waals surface area contributed by atoms with Gasteiger partial charge in [-0.2, -0.15) is 13.2 Å². The smallest absolute Gasteiger partial charge is 0.393 e. The number of nitrogens with one attached hydrogen (secondary N) is 2. The maximum atomic E-state index is 13.0. The first-order chi connectivity index (χ1) is 12.2. The molecule has 26 heavy (non-hydrogen) atoms. The number of nitrogens with zero attached hydrogens (tertiary/aromatic N) is 3. The fourth-order valence-corrected chi connectivity index (χ4v) is 2.32. The first-order valence-electron chi connectivity index (χ1n) is 7.18. The summed E-state index contributed by atoms with van der Waals surface area (Å²) in [5.74, 6) is 1.31. The van der Waals surface area contributed by atoms with Gasteiger partial charge in [0.2, 0.25) is 0 Å². The summed E-state index contributed by atoms with van der Waals surface area (Å²) < 4.78 is 43.8. The number of halogens is 4. The molecule has 0 fully saturated rings. The molecule has 0 saturated heterocycles. The molecule has 1 aromatic carbocycles. The quantitative estimate of drug-likeness (QED) is 0.608. The molecule has 136 valence electrons. The number of hydrogen-bond acceptors (Lipinski definition) is 7. The van der Waals surface area contributed by atoms with Gasteiger partial charge in [0.05, 0.1) is 10.6 Å². The van der Waals surface area contributed by atoms with Crippen molar-refractivity contribution in [3.8, 4) is 0 Å². The number of aryl methyl sites for hydroxylation is 1. The van der Waals surface area contributed by atoms with Crippen molar-refractivity contribution in [3.63, 3.8) is 0 Å². The Labute approximate surface area is 150 Å². The fourth-order valence-electron chi connectivity index (χ4n) is 2.10. The van der Waals surface area contributed by atoms with Crippen LogP contribution in [0.2, 0.25) is 5.02 Å². The number of nitrogen functional groups attached to an aromatic ring is 1. The number of hydrogen-bond donors (Lipinski definition) is 3. The molecular formula is C15H12ClF3N6O. The highest BCUT2D eigenvalue weighted by atomic mass is 35.5. The minimum absolute atomic E-state index is 0.0941.